The van der Waals surface area contributed by atoms with Crippen molar-refractivity contribution in [2.24, 2.45) is 7.05 Å². The number of fused-ring (bicyclic) bond motifs is 1. The van der Waals surface area contributed by atoms with Gasteiger partial charge in [0.05, 0.1) is 6.33 Å². The molecule has 1 aliphatic heterocycles. The van der Waals surface area contributed by atoms with Gasteiger partial charge in [0.1, 0.15) is 0 Å². The summed E-state index contributed by atoms with van der Waals surface area (Å²) in [5.41, 5.74) is 4.90. The van der Waals surface area contributed by atoms with E-state index in [1.807, 2.05) is 18.2 Å². The zero-order valence-electron chi connectivity index (χ0n) is 18.0. The predicted molar refractivity (Wildman–Crippen MR) is 125 cm³/mol. The molecular formula is C24H27ClN4O2S. The topological polar surface area (TPSA) is 67.2 Å². The molecule has 32 heavy (non-hydrogen) atoms. The van der Waals surface area contributed by atoms with Crippen molar-refractivity contribution in [1.29, 1.82) is 0 Å². The van der Waals surface area contributed by atoms with Crippen molar-refractivity contribution in [3.63, 3.8) is 0 Å². The van der Waals surface area contributed by atoms with Gasteiger partial charge in [0, 0.05) is 36.8 Å². The average molecular weight is 471 g/mol. The highest BCUT2D eigenvalue weighted by atomic mass is 35.5. The van der Waals surface area contributed by atoms with Crippen LogP contribution in [0.2, 0.25) is 5.02 Å². The summed E-state index contributed by atoms with van der Waals surface area (Å²) in [6, 6.07) is 15.0. The van der Waals surface area contributed by atoms with Gasteiger partial charge in [-0.15, -0.1) is 0 Å². The number of aromatic nitrogens is 2. The van der Waals surface area contributed by atoms with E-state index < -0.39 is 10.0 Å². The Morgan fingerprint density at radius 1 is 1.16 bits per heavy atom. The monoisotopic (exact) mass is 470 g/mol. The van der Waals surface area contributed by atoms with E-state index in [4.69, 9.17) is 11.6 Å². The van der Waals surface area contributed by atoms with Gasteiger partial charge in [-0.25, -0.2) is 18.1 Å². The maximum Gasteiger partial charge on any atom is 0.259 e. The molecule has 1 aromatic heterocycles. The molecule has 1 fully saturated rings. The quantitative estimate of drug-likeness (QED) is 0.573. The first-order valence-electron chi connectivity index (χ1n) is 11.0. The number of rotatable bonds is 7. The minimum Gasteiger partial charge on any atom is -0.339 e. The van der Waals surface area contributed by atoms with Gasteiger partial charge >= 0.3 is 0 Å². The fourth-order valence-electron chi connectivity index (χ4n) is 4.86. The molecule has 0 saturated carbocycles. The summed E-state index contributed by atoms with van der Waals surface area (Å²) >= 11 is 6.25. The number of likely N-dealkylation sites (tertiary alicyclic amines) is 1. The Labute approximate surface area is 194 Å². The van der Waals surface area contributed by atoms with E-state index in [0.717, 1.165) is 36.5 Å². The summed E-state index contributed by atoms with van der Waals surface area (Å²) < 4.78 is 29.5. The molecule has 2 atom stereocenters. The van der Waals surface area contributed by atoms with E-state index in [9.17, 15) is 8.42 Å². The molecule has 3 aromatic rings. The van der Waals surface area contributed by atoms with Crippen molar-refractivity contribution >= 4 is 21.6 Å². The third kappa shape index (κ3) is 4.35. The number of sulfonamides is 1. The predicted octanol–water partition coefficient (Wildman–Crippen LogP) is 3.51. The molecule has 0 amide bonds. The number of halogens is 1. The summed E-state index contributed by atoms with van der Waals surface area (Å²) in [7, 11) is -1.89. The second kappa shape index (κ2) is 8.63. The lowest BCUT2D eigenvalue weighted by Crippen LogP contribution is -2.47. The van der Waals surface area contributed by atoms with Crippen LogP contribution in [0.25, 0.3) is 0 Å². The molecule has 1 aliphatic carbocycles. The lowest BCUT2D eigenvalue weighted by atomic mass is 9.88. The van der Waals surface area contributed by atoms with Gasteiger partial charge in [0.2, 0.25) is 0 Å². The summed E-state index contributed by atoms with van der Waals surface area (Å²) in [5, 5.41) is 0.803. The van der Waals surface area contributed by atoms with Crippen LogP contribution in [0, 0.1) is 0 Å². The van der Waals surface area contributed by atoms with Gasteiger partial charge < -0.3 is 4.57 Å². The van der Waals surface area contributed by atoms with Crippen molar-refractivity contribution in [2.75, 3.05) is 13.1 Å². The van der Waals surface area contributed by atoms with Crippen LogP contribution in [-0.4, -0.2) is 42.0 Å². The molecule has 2 aromatic carbocycles. The van der Waals surface area contributed by atoms with Gasteiger partial charge in [-0.3, -0.25) is 4.90 Å². The first kappa shape index (κ1) is 21.6. The van der Waals surface area contributed by atoms with Crippen LogP contribution in [0.1, 0.15) is 34.6 Å². The van der Waals surface area contributed by atoms with Crippen molar-refractivity contribution < 1.29 is 8.42 Å². The summed E-state index contributed by atoms with van der Waals surface area (Å²) in [4.78, 5) is 6.55. The van der Waals surface area contributed by atoms with E-state index in [1.54, 1.807) is 11.6 Å². The van der Waals surface area contributed by atoms with Gasteiger partial charge in [0.25, 0.3) is 10.0 Å². The van der Waals surface area contributed by atoms with Crippen LogP contribution < -0.4 is 4.72 Å². The molecule has 2 aliphatic rings. The Hall–Kier alpha value is -2.19. The summed E-state index contributed by atoms with van der Waals surface area (Å²) in [5.74, 6) is 0.371. The molecule has 5 rings (SSSR count). The van der Waals surface area contributed by atoms with Crippen molar-refractivity contribution in [3.05, 3.63) is 82.3 Å². The van der Waals surface area contributed by atoms with Crippen LogP contribution in [-0.2, 0) is 36.5 Å². The largest absolute Gasteiger partial charge is 0.339 e. The van der Waals surface area contributed by atoms with Crippen molar-refractivity contribution in [3.8, 4) is 0 Å². The normalized spacial score (nSPS) is 20.8. The van der Waals surface area contributed by atoms with E-state index in [-0.39, 0.29) is 11.6 Å². The number of aryl methyl sites for hydroxylation is 1. The molecule has 2 heterocycles. The van der Waals surface area contributed by atoms with Gasteiger partial charge in [-0.2, -0.15) is 0 Å². The fourth-order valence-corrected chi connectivity index (χ4v) is 6.07. The number of hydrogen-bond acceptors (Lipinski definition) is 4. The molecule has 168 valence electrons. The third-order valence-corrected chi connectivity index (χ3v) is 8.15. The lowest BCUT2D eigenvalue weighted by molar-refractivity contribution is 0.106. The summed E-state index contributed by atoms with van der Waals surface area (Å²) in [6.45, 7) is 2.55. The van der Waals surface area contributed by atoms with Crippen LogP contribution in [0.15, 0.2) is 60.0 Å². The van der Waals surface area contributed by atoms with Crippen molar-refractivity contribution in [1.82, 2.24) is 19.2 Å². The van der Waals surface area contributed by atoms with E-state index >= 15 is 0 Å². The lowest BCUT2D eigenvalue weighted by Gasteiger charge is -2.39. The van der Waals surface area contributed by atoms with Crippen LogP contribution in [0.3, 0.4) is 0 Å². The highest BCUT2D eigenvalue weighted by Gasteiger charge is 2.38. The van der Waals surface area contributed by atoms with Crippen molar-refractivity contribution in [2.45, 2.75) is 42.8 Å². The first-order valence-corrected chi connectivity index (χ1v) is 12.8. The SMILES string of the molecule is Cn1cnc(S(=O)(=O)NCc2ccc3c(c2)C(Cc2cccc(Cl)c2)C(N2CCC2)C3)c1. The number of nitrogens with one attached hydrogen (secondary N) is 1. The minimum atomic E-state index is -3.64. The number of imidazole rings is 1. The van der Waals surface area contributed by atoms with E-state index in [0.29, 0.717) is 12.0 Å². The van der Waals surface area contributed by atoms with E-state index in [1.165, 1.54) is 35.6 Å². The van der Waals surface area contributed by atoms with Gasteiger partial charge in [-0.1, -0.05) is 41.9 Å². The Morgan fingerprint density at radius 2 is 2.00 bits per heavy atom. The van der Waals surface area contributed by atoms with Gasteiger partial charge in [-0.05, 0) is 66.7 Å². The molecule has 6 nitrogen and oxygen atoms in total. The highest BCUT2D eigenvalue weighted by molar-refractivity contribution is 7.89. The molecule has 1 saturated heterocycles. The number of hydrogen-bond donors (Lipinski definition) is 1. The second-order valence-electron chi connectivity index (χ2n) is 8.84. The highest BCUT2D eigenvalue weighted by Crippen LogP contribution is 2.40. The standard InChI is InChI=1S/C24H27ClN4O2S/c1-28-15-24(26-16-28)32(30,31)27-14-18-6-7-19-13-23(29-8-3-9-29)22(21(19)12-18)11-17-4-2-5-20(25)10-17/h2,4-7,10,12,15-16,22-23,27H,3,8-9,11,13-14H2,1H3. The Balaban J connectivity index is 1.38. The molecule has 0 spiro atoms. The Kier molecular flexibility index (Phi) is 5.84. The zero-order valence-corrected chi connectivity index (χ0v) is 19.6. The zero-order chi connectivity index (χ0) is 22.3. The van der Waals surface area contributed by atoms with Gasteiger partial charge in [0.15, 0.2) is 5.03 Å². The maximum atomic E-state index is 12.6. The fraction of sp³-hybridized carbons (Fsp3) is 0.375. The van der Waals surface area contributed by atoms with Crippen LogP contribution in [0.4, 0.5) is 0 Å². The second-order valence-corrected chi connectivity index (χ2v) is 11.0. The molecule has 0 bridgehead atoms. The summed E-state index contributed by atoms with van der Waals surface area (Å²) in [6.07, 6.45) is 6.22. The minimum absolute atomic E-state index is 0.0397. The van der Waals surface area contributed by atoms with Crippen LogP contribution >= 0.6 is 11.6 Å². The van der Waals surface area contributed by atoms with E-state index in [2.05, 4.69) is 38.9 Å². The smallest absolute Gasteiger partial charge is 0.259 e. The third-order valence-electron chi connectivity index (χ3n) is 6.63. The number of benzene rings is 2. The molecular weight excluding hydrogens is 444 g/mol. The molecule has 0 radical (unpaired) electrons. The maximum absolute atomic E-state index is 12.6. The number of nitrogens with zero attached hydrogens (tertiary/aromatic N) is 3. The van der Waals surface area contributed by atoms with Crippen LogP contribution in [0.5, 0.6) is 0 Å². The molecule has 8 heteroatoms. The Bertz CT molecular complexity index is 1240. The molecule has 2 unspecified atom stereocenters. The average Bonchev–Trinajstić information content (AvgIpc) is 3.30. The Morgan fingerprint density at radius 3 is 2.69 bits per heavy atom. The first-order chi connectivity index (χ1) is 15.4. The molecule has 1 N–H and O–H groups in total.